The van der Waals surface area contributed by atoms with Gasteiger partial charge < -0.3 is 5.32 Å². The first-order chi connectivity index (χ1) is 9.97. The predicted molar refractivity (Wildman–Crippen MR) is 79.2 cm³/mol. The molecule has 6 nitrogen and oxygen atoms in total. The third-order valence-corrected chi connectivity index (χ3v) is 4.12. The first kappa shape index (κ1) is 15.1. The molecule has 1 heterocycles. The molecule has 0 aliphatic rings. The van der Waals surface area contributed by atoms with Crippen molar-refractivity contribution in [2.75, 3.05) is 11.9 Å². The Labute approximate surface area is 123 Å². The molecule has 0 saturated heterocycles. The second kappa shape index (κ2) is 6.47. The van der Waals surface area contributed by atoms with Gasteiger partial charge in [0.2, 0.25) is 15.9 Å². The molecule has 2 N–H and O–H groups in total. The lowest BCUT2D eigenvalue weighted by molar-refractivity contribution is -0.115. The number of sulfonamides is 1. The van der Waals surface area contributed by atoms with Crippen LogP contribution >= 0.6 is 0 Å². The summed E-state index contributed by atoms with van der Waals surface area (Å²) in [5.74, 6) is -0.460. The molecule has 1 amide bonds. The van der Waals surface area contributed by atoms with E-state index in [0.29, 0.717) is 5.69 Å². The van der Waals surface area contributed by atoms with Crippen molar-refractivity contribution in [3.8, 4) is 0 Å². The van der Waals surface area contributed by atoms with Crippen LogP contribution in [-0.2, 0) is 14.8 Å². The number of carbonyl (C=O) groups excluding carboxylic acids is 1. The molecule has 21 heavy (non-hydrogen) atoms. The van der Waals surface area contributed by atoms with Crippen molar-refractivity contribution in [3.05, 3.63) is 54.4 Å². The summed E-state index contributed by atoms with van der Waals surface area (Å²) in [5.41, 5.74) is 1.47. The molecule has 0 spiro atoms. The molecule has 0 bridgehead atoms. The highest BCUT2D eigenvalue weighted by Gasteiger charge is 2.15. The fraction of sp³-hybridized carbons (Fsp3) is 0.143. The summed E-state index contributed by atoms with van der Waals surface area (Å²) in [6.07, 6.45) is 3.06. The number of benzene rings is 1. The summed E-state index contributed by atoms with van der Waals surface area (Å²) in [6, 6.07) is 9.73. The Bertz CT molecular complexity index is 713. The molecule has 0 aliphatic carbocycles. The summed E-state index contributed by atoms with van der Waals surface area (Å²) < 4.78 is 26.2. The molecule has 0 unspecified atom stereocenters. The lowest BCUT2D eigenvalue weighted by Gasteiger charge is -2.07. The second-order valence-corrected chi connectivity index (χ2v) is 6.19. The molecule has 0 fully saturated rings. The topological polar surface area (TPSA) is 88.2 Å². The summed E-state index contributed by atoms with van der Waals surface area (Å²) in [6.45, 7) is 1.52. The average Bonchev–Trinajstić information content (AvgIpc) is 2.47. The van der Waals surface area contributed by atoms with Crippen molar-refractivity contribution in [3.63, 3.8) is 0 Å². The first-order valence-electron chi connectivity index (χ1n) is 6.23. The van der Waals surface area contributed by atoms with Crippen LogP contribution in [0.25, 0.3) is 0 Å². The Morgan fingerprint density at radius 2 is 1.90 bits per heavy atom. The van der Waals surface area contributed by atoms with Crippen LogP contribution < -0.4 is 10.0 Å². The van der Waals surface area contributed by atoms with Crippen molar-refractivity contribution < 1.29 is 13.2 Å². The van der Waals surface area contributed by atoms with Crippen LogP contribution in [0.5, 0.6) is 0 Å². The zero-order valence-corrected chi connectivity index (χ0v) is 12.2. The SMILES string of the molecule is Cc1ccc(S(=O)(=O)NCC(=O)Nc2cccnc2)cc1. The summed E-state index contributed by atoms with van der Waals surface area (Å²) in [7, 11) is -3.69. The van der Waals surface area contributed by atoms with E-state index >= 15 is 0 Å². The second-order valence-electron chi connectivity index (χ2n) is 4.43. The number of aryl methyl sites for hydroxylation is 1. The van der Waals surface area contributed by atoms with E-state index in [1.807, 2.05) is 6.92 Å². The van der Waals surface area contributed by atoms with Crippen LogP contribution in [0.2, 0.25) is 0 Å². The average molecular weight is 305 g/mol. The minimum absolute atomic E-state index is 0.127. The monoisotopic (exact) mass is 305 g/mol. The van der Waals surface area contributed by atoms with Gasteiger partial charge in [-0.2, -0.15) is 0 Å². The van der Waals surface area contributed by atoms with Crippen LogP contribution in [-0.4, -0.2) is 25.9 Å². The molecule has 0 saturated carbocycles. The lowest BCUT2D eigenvalue weighted by Crippen LogP contribution is -2.32. The van der Waals surface area contributed by atoms with Gasteiger partial charge in [-0.25, -0.2) is 13.1 Å². The number of anilines is 1. The smallest absolute Gasteiger partial charge is 0.241 e. The Morgan fingerprint density at radius 1 is 1.19 bits per heavy atom. The van der Waals surface area contributed by atoms with E-state index in [0.717, 1.165) is 5.56 Å². The fourth-order valence-corrected chi connectivity index (χ4v) is 2.59. The zero-order valence-electron chi connectivity index (χ0n) is 11.4. The third-order valence-electron chi connectivity index (χ3n) is 2.70. The van der Waals surface area contributed by atoms with Crippen molar-refractivity contribution in [1.82, 2.24) is 9.71 Å². The largest absolute Gasteiger partial charge is 0.324 e. The normalized spacial score (nSPS) is 11.1. The quantitative estimate of drug-likeness (QED) is 0.871. The maximum Gasteiger partial charge on any atom is 0.241 e. The highest BCUT2D eigenvalue weighted by Crippen LogP contribution is 2.09. The van der Waals surface area contributed by atoms with Crippen molar-refractivity contribution in [1.29, 1.82) is 0 Å². The molecule has 1 aromatic carbocycles. The maximum atomic E-state index is 12.0. The minimum atomic E-state index is -3.69. The highest BCUT2D eigenvalue weighted by molar-refractivity contribution is 7.89. The van der Waals surface area contributed by atoms with Crippen LogP contribution in [0.15, 0.2) is 53.7 Å². The summed E-state index contributed by atoms with van der Waals surface area (Å²) >= 11 is 0. The third kappa shape index (κ3) is 4.37. The van der Waals surface area contributed by atoms with Crippen molar-refractivity contribution in [2.24, 2.45) is 0 Å². The lowest BCUT2D eigenvalue weighted by atomic mass is 10.2. The number of rotatable bonds is 5. The van der Waals surface area contributed by atoms with Crippen LogP contribution in [0.4, 0.5) is 5.69 Å². The van der Waals surface area contributed by atoms with Gasteiger partial charge in [0, 0.05) is 6.20 Å². The Hall–Kier alpha value is -2.25. The number of carbonyl (C=O) groups is 1. The molecule has 0 aliphatic heterocycles. The number of amides is 1. The molecule has 0 atom stereocenters. The maximum absolute atomic E-state index is 12.0. The van der Waals surface area contributed by atoms with E-state index in [1.165, 1.54) is 18.3 Å². The summed E-state index contributed by atoms with van der Waals surface area (Å²) in [4.78, 5) is 15.7. The number of pyridine rings is 1. The number of hydrogen-bond acceptors (Lipinski definition) is 4. The molecule has 2 rings (SSSR count). The van der Waals surface area contributed by atoms with Gasteiger partial charge in [-0.3, -0.25) is 9.78 Å². The van der Waals surface area contributed by atoms with Crippen molar-refractivity contribution in [2.45, 2.75) is 11.8 Å². The van der Waals surface area contributed by atoms with Gasteiger partial charge in [-0.1, -0.05) is 17.7 Å². The molecule has 0 radical (unpaired) electrons. The fourth-order valence-electron chi connectivity index (χ4n) is 1.60. The predicted octanol–water partition coefficient (Wildman–Crippen LogP) is 1.31. The van der Waals surface area contributed by atoms with E-state index in [-0.39, 0.29) is 11.4 Å². The molecule has 2 aromatic rings. The number of nitrogens with zero attached hydrogens (tertiary/aromatic N) is 1. The Kier molecular flexibility index (Phi) is 4.66. The van der Waals surface area contributed by atoms with E-state index in [1.54, 1.807) is 30.5 Å². The zero-order chi connectivity index (χ0) is 15.3. The van der Waals surface area contributed by atoms with Gasteiger partial charge in [0.25, 0.3) is 0 Å². The minimum Gasteiger partial charge on any atom is -0.324 e. The van der Waals surface area contributed by atoms with E-state index < -0.39 is 15.9 Å². The number of nitrogens with one attached hydrogen (secondary N) is 2. The van der Waals surface area contributed by atoms with E-state index in [2.05, 4.69) is 15.0 Å². The van der Waals surface area contributed by atoms with E-state index in [4.69, 9.17) is 0 Å². The standard InChI is InChI=1S/C14H15N3O3S/c1-11-4-6-13(7-5-11)21(19,20)16-10-14(18)17-12-3-2-8-15-9-12/h2-9,16H,10H2,1H3,(H,17,18). The van der Waals surface area contributed by atoms with Crippen LogP contribution in [0, 0.1) is 6.92 Å². The molecule has 7 heteroatoms. The molecule has 110 valence electrons. The first-order valence-corrected chi connectivity index (χ1v) is 7.72. The molecule has 1 aromatic heterocycles. The number of aromatic nitrogens is 1. The molecular formula is C14H15N3O3S. The van der Waals surface area contributed by atoms with Gasteiger partial charge in [0.05, 0.1) is 23.3 Å². The van der Waals surface area contributed by atoms with Gasteiger partial charge >= 0.3 is 0 Å². The van der Waals surface area contributed by atoms with Gasteiger partial charge in [-0.15, -0.1) is 0 Å². The molecular weight excluding hydrogens is 290 g/mol. The highest BCUT2D eigenvalue weighted by atomic mass is 32.2. The van der Waals surface area contributed by atoms with Crippen molar-refractivity contribution >= 4 is 21.6 Å². The van der Waals surface area contributed by atoms with Gasteiger partial charge in [-0.05, 0) is 31.2 Å². The van der Waals surface area contributed by atoms with E-state index in [9.17, 15) is 13.2 Å². The summed E-state index contributed by atoms with van der Waals surface area (Å²) in [5, 5.41) is 2.55. The van der Waals surface area contributed by atoms with Gasteiger partial charge in [0.15, 0.2) is 0 Å². The van der Waals surface area contributed by atoms with Crippen LogP contribution in [0.1, 0.15) is 5.56 Å². The Morgan fingerprint density at radius 3 is 2.52 bits per heavy atom. The Balaban J connectivity index is 1.95. The van der Waals surface area contributed by atoms with Crippen LogP contribution in [0.3, 0.4) is 0 Å². The number of hydrogen-bond donors (Lipinski definition) is 2. The van der Waals surface area contributed by atoms with Gasteiger partial charge in [0.1, 0.15) is 0 Å².